The number of carbonyl (C=O) groups is 1. The van der Waals surface area contributed by atoms with Gasteiger partial charge < -0.3 is 11.1 Å². The van der Waals surface area contributed by atoms with E-state index >= 15 is 0 Å². The standard InChI is InChI=1S/C7H14N2O3S/c8-2-1-3-9-7(10)6-4-13(11,12)5-6/h6H,1-5,8H2,(H,9,10). The molecule has 3 N–H and O–H groups in total. The molecule has 0 aliphatic carbocycles. The lowest BCUT2D eigenvalue weighted by molar-refractivity contribution is -0.124. The molecule has 1 aliphatic rings. The molecule has 0 aromatic carbocycles. The minimum Gasteiger partial charge on any atom is -0.356 e. The van der Waals surface area contributed by atoms with Gasteiger partial charge >= 0.3 is 0 Å². The van der Waals surface area contributed by atoms with Crippen LogP contribution in [0.15, 0.2) is 0 Å². The lowest BCUT2D eigenvalue weighted by Crippen LogP contribution is -2.47. The maximum absolute atomic E-state index is 11.2. The molecule has 5 nitrogen and oxygen atoms in total. The van der Waals surface area contributed by atoms with Gasteiger partial charge in [0.25, 0.3) is 0 Å². The molecule has 0 aromatic heterocycles. The number of hydrogen-bond donors (Lipinski definition) is 2. The van der Waals surface area contributed by atoms with Crippen LogP contribution < -0.4 is 11.1 Å². The van der Waals surface area contributed by atoms with Gasteiger partial charge in [-0.3, -0.25) is 4.79 Å². The van der Waals surface area contributed by atoms with Gasteiger partial charge in [-0.1, -0.05) is 0 Å². The van der Waals surface area contributed by atoms with E-state index in [4.69, 9.17) is 5.73 Å². The van der Waals surface area contributed by atoms with Gasteiger partial charge in [0.15, 0.2) is 9.84 Å². The zero-order valence-corrected chi connectivity index (χ0v) is 8.14. The minimum absolute atomic E-state index is 0.00145. The smallest absolute Gasteiger partial charge is 0.225 e. The Kier molecular flexibility index (Phi) is 3.27. The molecule has 1 saturated heterocycles. The zero-order valence-electron chi connectivity index (χ0n) is 7.32. The summed E-state index contributed by atoms with van der Waals surface area (Å²) >= 11 is 0. The van der Waals surface area contributed by atoms with Crippen molar-refractivity contribution < 1.29 is 13.2 Å². The summed E-state index contributed by atoms with van der Waals surface area (Å²) in [5, 5.41) is 2.64. The van der Waals surface area contributed by atoms with Gasteiger partial charge in [-0.25, -0.2) is 8.42 Å². The first-order valence-electron chi connectivity index (χ1n) is 4.23. The van der Waals surface area contributed by atoms with E-state index in [0.29, 0.717) is 13.1 Å². The molecule has 0 unspecified atom stereocenters. The highest BCUT2D eigenvalue weighted by atomic mass is 32.2. The van der Waals surface area contributed by atoms with Crippen molar-refractivity contribution in [2.45, 2.75) is 6.42 Å². The van der Waals surface area contributed by atoms with Crippen LogP contribution in [0.5, 0.6) is 0 Å². The number of hydrogen-bond acceptors (Lipinski definition) is 4. The Morgan fingerprint density at radius 3 is 2.54 bits per heavy atom. The van der Waals surface area contributed by atoms with Crippen molar-refractivity contribution in [3.05, 3.63) is 0 Å². The van der Waals surface area contributed by atoms with Crippen LogP contribution in [0.25, 0.3) is 0 Å². The molecule has 1 amide bonds. The molecule has 0 spiro atoms. The molecule has 1 heterocycles. The molecule has 6 heteroatoms. The summed E-state index contributed by atoms with van der Waals surface area (Å²) in [5.41, 5.74) is 5.23. The predicted octanol–water partition coefficient (Wildman–Crippen LogP) is -1.50. The number of carbonyl (C=O) groups excluding carboxylic acids is 1. The first-order chi connectivity index (χ1) is 6.05. The largest absolute Gasteiger partial charge is 0.356 e. The van der Waals surface area contributed by atoms with Gasteiger partial charge in [0.1, 0.15) is 0 Å². The number of amides is 1. The van der Waals surface area contributed by atoms with Gasteiger partial charge in [0, 0.05) is 6.54 Å². The van der Waals surface area contributed by atoms with Crippen LogP contribution in [0, 0.1) is 5.92 Å². The molecule has 0 atom stereocenters. The van der Waals surface area contributed by atoms with Crippen LogP contribution in [-0.2, 0) is 14.6 Å². The second-order valence-corrected chi connectivity index (χ2v) is 5.36. The van der Waals surface area contributed by atoms with Crippen molar-refractivity contribution in [2.75, 3.05) is 24.6 Å². The van der Waals surface area contributed by atoms with E-state index in [9.17, 15) is 13.2 Å². The monoisotopic (exact) mass is 206 g/mol. The normalized spacial score (nSPS) is 20.7. The Labute approximate surface area is 77.6 Å². The second-order valence-electron chi connectivity index (χ2n) is 3.21. The van der Waals surface area contributed by atoms with E-state index in [-0.39, 0.29) is 23.3 Å². The van der Waals surface area contributed by atoms with Crippen LogP contribution >= 0.6 is 0 Å². The molecule has 1 aliphatic heterocycles. The van der Waals surface area contributed by atoms with E-state index in [1.807, 2.05) is 0 Å². The fraction of sp³-hybridized carbons (Fsp3) is 0.857. The Balaban J connectivity index is 2.20. The molecular formula is C7H14N2O3S. The molecule has 0 saturated carbocycles. The van der Waals surface area contributed by atoms with Crippen LogP contribution in [0.1, 0.15) is 6.42 Å². The van der Waals surface area contributed by atoms with E-state index in [1.54, 1.807) is 0 Å². The van der Waals surface area contributed by atoms with Gasteiger partial charge in [0.2, 0.25) is 5.91 Å². The Morgan fingerprint density at radius 2 is 2.08 bits per heavy atom. The minimum atomic E-state index is -2.89. The van der Waals surface area contributed by atoms with E-state index in [0.717, 1.165) is 6.42 Å². The summed E-state index contributed by atoms with van der Waals surface area (Å²) in [6.45, 7) is 1.06. The third kappa shape index (κ3) is 2.96. The lowest BCUT2D eigenvalue weighted by Gasteiger charge is -2.24. The van der Waals surface area contributed by atoms with E-state index in [1.165, 1.54) is 0 Å². The summed E-state index contributed by atoms with van der Waals surface area (Å²) in [4.78, 5) is 11.2. The molecule has 13 heavy (non-hydrogen) atoms. The fourth-order valence-electron chi connectivity index (χ4n) is 1.17. The van der Waals surface area contributed by atoms with Crippen LogP contribution in [0.3, 0.4) is 0 Å². The first-order valence-corrected chi connectivity index (χ1v) is 6.05. The van der Waals surface area contributed by atoms with Gasteiger partial charge in [-0.2, -0.15) is 0 Å². The molecule has 0 bridgehead atoms. The summed E-state index contributed by atoms with van der Waals surface area (Å²) in [6.07, 6.45) is 0.727. The van der Waals surface area contributed by atoms with Crippen molar-refractivity contribution >= 4 is 15.7 Å². The third-order valence-electron chi connectivity index (χ3n) is 1.96. The molecular weight excluding hydrogens is 192 g/mol. The molecule has 0 aromatic rings. The number of nitrogens with one attached hydrogen (secondary N) is 1. The van der Waals surface area contributed by atoms with Crippen LogP contribution in [-0.4, -0.2) is 38.9 Å². The van der Waals surface area contributed by atoms with Gasteiger partial charge in [0.05, 0.1) is 17.4 Å². The van der Waals surface area contributed by atoms with Gasteiger partial charge in [-0.05, 0) is 13.0 Å². The summed E-state index contributed by atoms with van der Waals surface area (Å²) in [6, 6.07) is 0. The fourth-order valence-corrected chi connectivity index (χ4v) is 2.60. The predicted molar refractivity (Wildman–Crippen MR) is 48.8 cm³/mol. The molecule has 1 fully saturated rings. The SMILES string of the molecule is NCCCNC(=O)C1CS(=O)(=O)C1. The van der Waals surface area contributed by atoms with Gasteiger partial charge in [-0.15, -0.1) is 0 Å². The number of rotatable bonds is 4. The van der Waals surface area contributed by atoms with Crippen molar-refractivity contribution in [2.24, 2.45) is 11.7 Å². The molecule has 0 radical (unpaired) electrons. The zero-order chi connectivity index (χ0) is 9.90. The van der Waals surface area contributed by atoms with Crippen LogP contribution in [0.2, 0.25) is 0 Å². The van der Waals surface area contributed by atoms with Crippen molar-refractivity contribution in [3.8, 4) is 0 Å². The topological polar surface area (TPSA) is 89.3 Å². The number of nitrogens with two attached hydrogens (primary N) is 1. The highest BCUT2D eigenvalue weighted by Gasteiger charge is 2.38. The van der Waals surface area contributed by atoms with Crippen LogP contribution in [0.4, 0.5) is 0 Å². The van der Waals surface area contributed by atoms with E-state index < -0.39 is 9.84 Å². The average Bonchev–Trinajstić information content (AvgIpc) is 2.00. The van der Waals surface area contributed by atoms with Crippen molar-refractivity contribution in [1.82, 2.24) is 5.32 Å². The third-order valence-corrected chi connectivity index (χ3v) is 3.78. The van der Waals surface area contributed by atoms with E-state index in [2.05, 4.69) is 5.32 Å². The Morgan fingerprint density at radius 1 is 1.46 bits per heavy atom. The summed E-state index contributed by atoms with van der Waals surface area (Å²) in [5.74, 6) is -0.492. The second kappa shape index (κ2) is 4.06. The van der Waals surface area contributed by atoms with Crippen molar-refractivity contribution in [3.63, 3.8) is 0 Å². The number of sulfone groups is 1. The van der Waals surface area contributed by atoms with Crippen molar-refractivity contribution in [1.29, 1.82) is 0 Å². The highest BCUT2D eigenvalue weighted by molar-refractivity contribution is 7.92. The molecule has 1 rings (SSSR count). The quantitative estimate of drug-likeness (QED) is 0.548. The summed E-state index contributed by atoms with van der Waals surface area (Å²) in [7, 11) is -2.89. The average molecular weight is 206 g/mol. The maximum Gasteiger partial charge on any atom is 0.225 e. The maximum atomic E-state index is 11.2. The molecule has 76 valence electrons. The first kappa shape index (κ1) is 10.5. The Hall–Kier alpha value is -0.620. The lowest BCUT2D eigenvalue weighted by atomic mass is 10.2. The summed E-state index contributed by atoms with van der Waals surface area (Å²) < 4.78 is 21.5. The Bertz CT molecular complexity index is 274. The highest BCUT2D eigenvalue weighted by Crippen LogP contribution is 2.17.